The summed E-state index contributed by atoms with van der Waals surface area (Å²) in [6, 6.07) is 2.08. The largest absolute Gasteiger partial charge is 0.472 e. The molecule has 0 aliphatic carbocycles. The summed E-state index contributed by atoms with van der Waals surface area (Å²) < 4.78 is 5.11. The predicted octanol–water partition coefficient (Wildman–Crippen LogP) is 2.46. The van der Waals surface area contributed by atoms with E-state index in [1.54, 1.807) is 6.26 Å². The number of hydrogen-bond acceptors (Lipinski definition) is 2. The second-order valence-electron chi connectivity index (χ2n) is 5.01. The lowest BCUT2D eigenvalue weighted by molar-refractivity contribution is 0.131. The normalized spacial score (nSPS) is 19.6. The van der Waals surface area contributed by atoms with E-state index in [9.17, 15) is 0 Å². The fourth-order valence-corrected chi connectivity index (χ4v) is 2.51. The lowest BCUT2D eigenvalue weighted by atomic mass is 9.71. The number of furan rings is 1. The number of rotatable bonds is 4. The predicted molar refractivity (Wildman–Crippen MR) is 57.2 cm³/mol. The Morgan fingerprint density at radius 1 is 1.50 bits per heavy atom. The molecule has 0 radical (unpaired) electrons. The molecule has 1 aromatic heterocycles. The summed E-state index contributed by atoms with van der Waals surface area (Å²) in [5.41, 5.74) is 1.84. The van der Waals surface area contributed by atoms with Gasteiger partial charge in [0.05, 0.1) is 12.5 Å². The van der Waals surface area contributed by atoms with Crippen molar-refractivity contribution in [1.82, 2.24) is 5.32 Å². The van der Waals surface area contributed by atoms with Gasteiger partial charge in [0, 0.05) is 13.1 Å². The van der Waals surface area contributed by atoms with E-state index in [2.05, 4.69) is 25.2 Å². The molecule has 0 bridgehead atoms. The second-order valence-corrected chi connectivity index (χ2v) is 5.01. The molecule has 2 nitrogen and oxygen atoms in total. The Kier molecular flexibility index (Phi) is 2.64. The zero-order chi connectivity index (χ0) is 10.0. The Hall–Kier alpha value is -0.760. The van der Waals surface area contributed by atoms with E-state index in [0.29, 0.717) is 5.41 Å². The maximum absolute atomic E-state index is 5.11. The quantitative estimate of drug-likeness (QED) is 0.794. The SMILES string of the molecule is CC(C)CC1(Cc2ccoc2)CNC1. The van der Waals surface area contributed by atoms with Crippen molar-refractivity contribution < 1.29 is 4.42 Å². The van der Waals surface area contributed by atoms with E-state index in [0.717, 1.165) is 25.4 Å². The zero-order valence-electron chi connectivity index (χ0n) is 9.05. The van der Waals surface area contributed by atoms with E-state index in [1.807, 2.05) is 6.26 Å². The van der Waals surface area contributed by atoms with Gasteiger partial charge < -0.3 is 9.73 Å². The van der Waals surface area contributed by atoms with Crippen LogP contribution in [-0.2, 0) is 6.42 Å². The third-order valence-corrected chi connectivity index (χ3v) is 3.00. The van der Waals surface area contributed by atoms with Gasteiger partial charge >= 0.3 is 0 Å². The molecule has 1 N–H and O–H groups in total. The lowest BCUT2D eigenvalue weighted by Gasteiger charge is -2.44. The number of nitrogens with one attached hydrogen (secondary N) is 1. The standard InChI is InChI=1S/C12H19NO/c1-10(2)5-12(8-13-9-12)6-11-3-4-14-7-11/h3-4,7,10,13H,5-6,8-9H2,1-2H3. The molecular weight excluding hydrogens is 174 g/mol. The molecule has 0 aromatic carbocycles. The molecule has 2 heteroatoms. The molecule has 1 aromatic rings. The minimum atomic E-state index is 0.498. The maximum Gasteiger partial charge on any atom is 0.0934 e. The Labute approximate surface area is 85.7 Å². The van der Waals surface area contributed by atoms with Crippen LogP contribution in [0.25, 0.3) is 0 Å². The number of hydrogen-bond donors (Lipinski definition) is 1. The van der Waals surface area contributed by atoms with Gasteiger partial charge in [0.2, 0.25) is 0 Å². The molecule has 14 heavy (non-hydrogen) atoms. The molecule has 78 valence electrons. The van der Waals surface area contributed by atoms with Crippen LogP contribution in [0.5, 0.6) is 0 Å². The Balaban J connectivity index is 1.99. The highest BCUT2D eigenvalue weighted by molar-refractivity contribution is 5.11. The van der Waals surface area contributed by atoms with Gasteiger partial charge in [-0.2, -0.15) is 0 Å². The van der Waals surface area contributed by atoms with Crippen LogP contribution in [0, 0.1) is 11.3 Å². The van der Waals surface area contributed by atoms with E-state index < -0.39 is 0 Å². The molecule has 0 unspecified atom stereocenters. The molecule has 0 atom stereocenters. The van der Waals surface area contributed by atoms with Gasteiger partial charge in [0.15, 0.2) is 0 Å². The Morgan fingerprint density at radius 3 is 2.71 bits per heavy atom. The van der Waals surface area contributed by atoms with Gasteiger partial charge in [-0.25, -0.2) is 0 Å². The summed E-state index contributed by atoms with van der Waals surface area (Å²) in [5.74, 6) is 0.781. The van der Waals surface area contributed by atoms with Gasteiger partial charge in [-0.1, -0.05) is 13.8 Å². The van der Waals surface area contributed by atoms with E-state index in [1.165, 1.54) is 12.0 Å². The van der Waals surface area contributed by atoms with Crippen LogP contribution in [0.3, 0.4) is 0 Å². The van der Waals surface area contributed by atoms with Crippen LogP contribution in [-0.4, -0.2) is 13.1 Å². The van der Waals surface area contributed by atoms with Gasteiger partial charge in [-0.05, 0) is 35.8 Å². The van der Waals surface area contributed by atoms with Gasteiger partial charge in [0.25, 0.3) is 0 Å². The molecule has 0 saturated carbocycles. The monoisotopic (exact) mass is 193 g/mol. The fourth-order valence-electron chi connectivity index (χ4n) is 2.51. The molecule has 2 heterocycles. The molecular formula is C12H19NO. The van der Waals surface area contributed by atoms with E-state index in [4.69, 9.17) is 4.42 Å². The maximum atomic E-state index is 5.11. The van der Waals surface area contributed by atoms with Crippen molar-refractivity contribution in [2.24, 2.45) is 11.3 Å². The summed E-state index contributed by atoms with van der Waals surface area (Å²) in [5, 5.41) is 3.39. The van der Waals surface area contributed by atoms with Crippen molar-refractivity contribution in [2.75, 3.05) is 13.1 Å². The average molecular weight is 193 g/mol. The van der Waals surface area contributed by atoms with Crippen LogP contribution in [0.1, 0.15) is 25.8 Å². The van der Waals surface area contributed by atoms with Crippen LogP contribution < -0.4 is 5.32 Å². The lowest BCUT2D eigenvalue weighted by Crippen LogP contribution is -2.55. The summed E-state index contributed by atoms with van der Waals surface area (Å²) in [7, 11) is 0. The highest BCUT2D eigenvalue weighted by Crippen LogP contribution is 2.34. The van der Waals surface area contributed by atoms with E-state index >= 15 is 0 Å². The van der Waals surface area contributed by atoms with Crippen LogP contribution >= 0.6 is 0 Å². The van der Waals surface area contributed by atoms with Crippen molar-refractivity contribution in [1.29, 1.82) is 0 Å². The van der Waals surface area contributed by atoms with Crippen molar-refractivity contribution in [3.05, 3.63) is 24.2 Å². The molecule has 1 saturated heterocycles. The van der Waals surface area contributed by atoms with Gasteiger partial charge in [0.1, 0.15) is 0 Å². The highest BCUT2D eigenvalue weighted by Gasteiger charge is 2.37. The molecule has 1 fully saturated rings. The molecule has 1 aliphatic heterocycles. The van der Waals surface area contributed by atoms with Crippen LogP contribution in [0.15, 0.2) is 23.0 Å². The van der Waals surface area contributed by atoms with Gasteiger partial charge in [-0.15, -0.1) is 0 Å². The zero-order valence-corrected chi connectivity index (χ0v) is 9.05. The van der Waals surface area contributed by atoms with Crippen molar-refractivity contribution in [3.8, 4) is 0 Å². The van der Waals surface area contributed by atoms with Crippen molar-refractivity contribution in [3.63, 3.8) is 0 Å². The Bertz CT molecular complexity index is 273. The summed E-state index contributed by atoms with van der Waals surface area (Å²) in [4.78, 5) is 0. The summed E-state index contributed by atoms with van der Waals surface area (Å²) >= 11 is 0. The summed E-state index contributed by atoms with van der Waals surface area (Å²) in [6.45, 7) is 6.93. The molecule has 0 spiro atoms. The first-order valence-corrected chi connectivity index (χ1v) is 5.42. The summed E-state index contributed by atoms with van der Waals surface area (Å²) in [6.07, 6.45) is 6.12. The Morgan fingerprint density at radius 2 is 2.29 bits per heavy atom. The van der Waals surface area contributed by atoms with Crippen molar-refractivity contribution in [2.45, 2.75) is 26.7 Å². The molecule has 2 rings (SSSR count). The second kappa shape index (κ2) is 3.77. The molecule has 1 aliphatic rings. The fraction of sp³-hybridized carbons (Fsp3) is 0.667. The minimum absolute atomic E-state index is 0.498. The average Bonchev–Trinajstić information content (AvgIpc) is 2.51. The first-order valence-electron chi connectivity index (χ1n) is 5.42. The smallest absolute Gasteiger partial charge is 0.0934 e. The first kappa shape index (κ1) is 9.78. The van der Waals surface area contributed by atoms with Crippen LogP contribution in [0.4, 0.5) is 0 Å². The van der Waals surface area contributed by atoms with Crippen LogP contribution in [0.2, 0.25) is 0 Å². The molecule has 0 amide bonds. The third-order valence-electron chi connectivity index (χ3n) is 3.00. The van der Waals surface area contributed by atoms with Gasteiger partial charge in [-0.3, -0.25) is 0 Å². The minimum Gasteiger partial charge on any atom is -0.472 e. The topological polar surface area (TPSA) is 25.2 Å². The highest BCUT2D eigenvalue weighted by atomic mass is 16.3. The van der Waals surface area contributed by atoms with Crippen molar-refractivity contribution >= 4 is 0 Å². The third kappa shape index (κ3) is 2.01. The van der Waals surface area contributed by atoms with E-state index in [-0.39, 0.29) is 0 Å². The first-order chi connectivity index (χ1) is 6.70.